The summed E-state index contributed by atoms with van der Waals surface area (Å²) in [4.78, 5) is 11.8. The summed E-state index contributed by atoms with van der Waals surface area (Å²) in [5.41, 5.74) is 1.19. The fourth-order valence-electron chi connectivity index (χ4n) is 2.16. The highest BCUT2D eigenvalue weighted by Gasteiger charge is 2.18. The zero-order valence-corrected chi connectivity index (χ0v) is 12.6. The van der Waals surface area contributed by atoms with Crippen molar-refractivity contribution in [3.8, 4) is 0 Å². The maximum absolute atomic E-state index is 13.5. The molecule has 5 heteroatoms. The molecular formula is C18H17F2NO2. The molecule has 0 aliphatic rings. The minimum absolute atomic E-state index is 0.282. The molecule has 0 aliphatic carbocycles. The molecule has 23 heavy (non-hydrogen) atoms. The van der Waals surface area contributed by atoms with Gasteiger partial charge in [0.05, 0.1) is 5.56 Å². The van der Waals surface area contributed by atoms with Crippen LogP contribution in [0.5, 0.6) is 0 Å². The monoisotopic (exact) mass is 317 g/mol. The fourth-order valence-corrected chi connectivity index (χ4v) is 2.16. The molecule has 2 aromatic carbocycles. The van der Waals surface area contributed by atoms with Crippen LogP contribution in [0, 0.1) is 11.6 Å². The highest BCUT2D eigenvalue weighted by Crippen LogP contribution is 2.20. The second-order valence-electron chi connectivity index (χ2n) is 5.09. The number of hydrogen-bond donors (Lipinski definition) is 2. The molecule has 1 unspecified atom stereocenters. The molecular weight excluding hydrogens is 300 g/mol. The van der Waals surface area contributed by atoms with E-state index < -0.39 is 29.2 Å². The van der Waals surface area contributed by atoms with E-state index in [9.17, 15) is 18.7 Å². The molecule has 0 fully saturated rings. The Bertz CT molecular complexity index is 694. The van der Waals surface area contributed by atoms with Gasteiger partial charge < -0.3 is 10.4 Å². The summed E-state index contributed by atoms with van der Waals surface area (Å²) in [7, 11) is 0. The molecule has 2 rings (SSSR count). The van der Waals surface area contributed by atoms with Gasteiger partial charge in [-0.05, 0) is 30.2 Å². The third kappa shape index (κ3) is 4.47. The number of aliphatic hydroxyl groups excluding tert-OH is 1. The molecule has 2 aromatic rings. The Morgan fingerprint density at radius 3 is 2.35 bits per heavy atom. The van der Waals surface area contributed by atoms with Crippen molar-refractivity contribution in [3.05, 3.63) is 77.4 Å². The average molecular weight is 317 g/mol. The molecule has 0 radical (unpaired) electrons. The van der Waals surface area contributed by atoms with Crippen LogP contribution in [-0.2, 0) is 4.79 Å². The zero-order valence-electron chi connectivity index (χ0n) is 12.6. The number of aliphatic hydroxyl groups is 1. The number of hydrogen-bond acceptors (Lipinski definition) is 2. The van der Waals surface area contributed by atoms with Crippen LogP contribution in [0.3, 0.4) is 0 Å². The van der Waals surface area contributed by atoms with E-state index in [1.165, 1.54) is 12.1 Å². The summed E-state index contributed by atoms with van der Waals surface area (Å²) in [5.74, 6) is -2.13. The van der Waals surface area contributed by atoms with E-state index in [1.54, 1.807) is 6.92 Å². The molecule has 0 aliphatic heterocycles. The predicted octanol–water partition coefficient (Wildman–Crippen LogP) is 3.22. The number of carbonyl (C=O) groups is 1. The minimum atomic E-state index is -1.45. The molecule has 0 aromatic heterocycles. The van der Waals surface area contributed by atoms with Gasteiger partial charge in [0.1, 0.15) is 17.7 Å². The Labute approximate surface area is 133 Å². The van der Waals surface area contributed by atoms with Gasteiger partial charge in [-0.1, -0.05) is 36.4 Å². The average Bonchev–Trinajstić information content (AvgIpc) is 2.53. The Morgan fingerprint density at radius 1 is 1.13 bits per heavy atom. The first-order valence-electron chi connectivity index (χ1n) is 7.12. The summed E-state index contributed by atoms with van der Waals surface area (Å²) < 4.78 is 27.1. The number of allylic oxidation sites excluding steroid dienone is 1. The van der Waals surface area contributed by atoms with Gasteiger partial charge in [-0.15, -0.1) is 0 Å². The quantitative estimate of drug-likeness (QED) is 0.832. The summed E-state index contributed by atoms with van der Waals surface area (Å²) in [6.07, 6.45) is -0.0784. The highest BCUT2D eigenvalue weighted by atomic mass is 19.1. The molecule has 2 N–H and O–H groups in total. The van der Waals surface area contributed by atoms with Crippen molar-refractivity contribution in [2.75, 3.05) is 6.54 Å². The molecule has 0 saturated heterocycles. The third-order valence-electron chi connectivity index (χ3n) is 3.38. The van der Waals surface area contributed by atoms with Gasteiger partial charge in [0.15, 0.2) is 0 Å². The molecule has 120 valence electrons. The van der Waals surface area contributed by atoms with Crippen molar-refractivity contribution in [3.63, 3.8) is 0 Å². The van der Waals surface area contributed by atoms with E-state index >= 15 is 0 Å². The lowest BCUT2D eigenvalue weighted by atomic mass is 10.1. The standard InChI is InChI=1S/C18H17F2NO2/c1-12(13-6-3-2-4-7-13)10-17(23)21-11-16(22)18-14(19)8-5-9-15(18)20/h2-10,16,22H,11H2,1H3,(H,21,23)/b12-10-. The second-order valence-corrected chi connectivity index (χ2v) is 5.09. The van der Waals surface area contributed by atoms with E-state index in [-0.39, 0.29) is 6.54 Å². The summed E-state index contributed by atoms with van der Waals surface area (Å²) >= 11 is 0. The Kier molecular flexibility index (Phi) is 5.60. The fraction of sp³-hybridized carbons (Fsp3) is 0.167. The van der Waals surface area contributed by atoms with Crippen molar-refractivity contribution >= 4 is 11.5 Å². The van der Waals surface area contributed by atoms with Crippen LogP contribution in [-0.4, -0.2) is 17.6 Å². The summed E-state index contributed by atoms with van der Waals surface area (Å²) in [5, 5.41) is 12.3. The van der Waals surface area contributed by atoms with Gasteiger partial charge in [0.25, 0.3) is 0 Å². The second kappa shape index (κ2) is 7.65. The lowest BCUT2D eigenvalue weighted by molar-refractivity contribution is -0.116. The van der Waals surface area contributed by atoms with Crippen molar-refractivity contribution in [1.29, 1.82) is 0 Å². The van der Waals surface area contributed by atoms with Crippen LogP contribution < -0.4 is 5.32 Å². The Balaban J connectivity index is 1.99. The Morgan fingerprint density at radius 2 is 1.74 bits per heavy atom. The highest BCUT2D eigenvalue weighted by molar-refractivity contribution is 5.94. The molecule has 0 spiro atoms. The third-order valence-corrected chi connectivity index (χ3v) is 3.38. The molecule has 0 saturated carbocycles. The van der Waals surface area contributed by atoms with Gasteiger partial charge in [0, 0.05) is 12.6 Å². The van der Waals surface area contributed by atoms with Gasteiger partial charge in [-0.3, -0.25) is 4.79 Å². The van der Waals surface area contributed by atoms with Gasteiger partial charge in [-0.25, -0.2) is 8.78 Å². The number of carbonyl (C=O) groups excluding carboxylic acids is 1. The van der Waals surface area contributed by atoms with Crippen LogP contribution in [0.4, 0.5) is 8.78 Å². The predicted molar refractivity (Wildman–Crippen MR) is 84.4 cm³/mol. The first-order chi connectivity index (χ1) is 11.0. The first-order valence-corrected chi connectivity index (χ1v) is 7.12. The van der Waals surface area contributed by atoms with Crippen LogP contribution in [0.2, 0.25) is 0 Å². The van der Waals surface area contributed by atoms with E-state index in [4.69, 9.17) is 0 Å². The molecule has 0 bridgehead atoms. The minimum Gasteiger partial charge on any atom is -0.386 e. The van der Waals surface area contributed by atoms with Crippen LogP contribution in [0.25, 0.3) is 5.57 Å². The lowest BCUT2D eigenvalue weighted by Crippen LogP contribution is -2.27. The topological polar surface area (TPSA) is 49.3 Å². The molecule has 0 heterocycles. The van der Waals surface area contributed by atoms with E-state index in [0.717, 1.165) is 23.3 Å². The van der Waals surface area contributed by atoms with Crippen LogP contribution in [0.1, 0.15) is 24.2 Å². The van der Waals surface area contributed by atoms with E-state index in [0.29, 0.717) is 0 Å². The number of halogens is 2. The zero-order chi connectivity index (χ0) is 16.8. The van der Waals surface area contributed by atoms with E-state index in [2.05, 4.69) is 5.32 Å². The lowest BCUT2D eigenvalue weighted by Gasteiger charge is -2.13. The number of rotatable bonds is 5. The summed E-state index contributed by atoms with van der Waals surface area (Å²) in [6, 6.07) is 12.6. The van der Waals surface area contributed by atoms with Crippen molar-refractivity contribution in [2.24, 2.45) is 0 Å². The van der Waals surface area contributed by atoms with Gasteiger partial charge in [-0.2, -0.15) is 0 Å². The van der Waals surface area contributed by atoms with Crippen molar-refractivity contribution in [1.82, 2.24) is 5.32 Å². The molecule has 1 amide bonds. The molecule has 1 atom stereocenters. The number of amides is 1. The maximum Gasteiger partial charge on any atom is 0.244 e. The van der Waals surface area contributed by atoms with Gasteiger partial charge in [0.2, 0.25) is 5.91 Å². The smallest absolute Gasteiger partial charge is 0.244 e. The van der Waals surface area contributed by atoms with Crippen molar-refractivity contribution < 1.29 is 18.7 Å². The van der Waals surface area contributed by atoms with Crippen LogP contribution in [0.15, 0.2) is 54.6 Å². The normalized spacial score (nSPS) is 12.8. The number of benzene rings is 2. The van der Waals surface area contributed by atoms with Crippen molar-refractivity contribution in [2.45, 2.75) is 13.0 Å². The SMILES string of the molecule is C/C(=C/C(=O)NCC(O)c1c(F)cccc1F)c1ccccc1. The Hall–Kier alpha value is -2.53. The number of nitrogens with one attached hydrogen (secondary N) is 1. The van der Waals surface area contributed by atoms with Gasteiger partial charge >= 0.3 is 0 Å². The summed E-state index contributed by atoms with van der Waals surface area (Å²) in [6.45, 7) is 1.50. The maximum atomic E-state index is 13.5. The molecule has 3 nitrogen and oxygen atoms in total. The largest absolute Gasteiger partial charge is 0.386 e. The first kappa shape index (κ1) is 16.8. The van der Waals surface area contributed by atoms with Crippen LogP contribution >= 0.6 is 0 Å². The van der Waals surface area contributed by atoms with E-state index in [1.807, 2.05) is 30.3 Å².